The van der Waals surface area contributed by atoms with Gasteiger partial charge in [0.1, 0.15) is 6.61 Å². The lowest BCUT2D eigenvalue weighted by molar-refractivity contribution is -0.384. The lowest BCUT2D eigenvalue weighted by Gasteiger charge is -2.13. The van der Waals surface area contributed by atoms with Crippen LogP contribution in [0.25, 0.3) is 0 Å². The second-order valence-corrected chi connectivity index (χ2v) is 6.25. The molecule has 3 aromatic carbocycles. The molecule has 0 aromatic heterocycles. The predicted molar refractivity (Wildman–Crippen MR) is 108 cm³/mol. The number of non-ortho nitro benzene ring substituents is 1. The van der Waals surface area contributed by atoms with Gasteiger partial charge in [0.25, 0.3) is 11.6 Å². The molecule has 0 saturated heterocycles. The van der Waals surface area contributed by atoms with Gasteiger partial charge < -0.3 is 14.8 Å². The highest BCUT2D eigenvalue weighted by molar-refractivity contribution is 5.94. The highest BCUT2D eigenvalue weighted by Gasteiger charge is 2.12. The first kappa shape index (κ1) is 19.9. The van der Waals surface area contributed by atoms with Crippen LogP contribution in [-0.4, -0.2) is 17.9 Å². The molecular weight excluding hydrogens is 372 g/mol. The number of carbonyl (C=O) groups is 1. The summed E-state index contributed by atoms with van der Waals surface area (Å²) in [7, 11) is 1.55. The first-order valence-electron chi connectivity index (χ1n) is 8.93. The fraction of sp³-hybridized carbons (Fsp3) is 0.136. The van der Waals surface area contributed by atoms with Crippen LogP contribution in [0.4, 0.5) is 5.69 Å². The average Bonchev–Trinajstić information content (AvgIpc) is 2.77. The number of benzene rings is 3. The van der Waals surface area contributed by atoms with E-state index in [0.29, 0.717) is 18.1 Å². The lowest BCUT2D eigenvalue weighted by Crippen LogP contribution is -2.22. The van der Waals surface area contributed by atoms with Crippen LogP contribution in [-0.2, 0) is 13.2 Å². The molecule has 0 unspecified atom stereocenters. The normalized spacial score (nSPS) is 10.2. The third-order valence-corrected chi connectivity index (χ3v) is 4.24. The fourth-order valence-electron chi connectivity index (χ4n) is 2.72. The summed E-state index contributed by atoms with van der Waals surface area (Å²) in [6.07, 6.45) is 0. The topological polar surface area (TPSA) is 90.7 Å². The smallest absolute Gasteiger partial charge is 0.270 e. The van der Waals surface area contributed by atoms with Gasteiger partial charge in [-0.2, -0.15) is 0 Å². The summed E-state index contributed by atoms with van der Waals surface area (Å²) >= 11 is 0. The van der Waals surface area contributed by atoms with Crippen molar-refractivity contribution < 1.29 is 19.2 Å². The third kappa shape index (κ3) is 5.32. The fourth-order valence-corrected chi connectivity index (χ4v) is 2.72. The molecule has 148 valence electrons. The molecule has 0 aliphatic carbocycles. The SMILES string of the molecule is COc1cc(CNC(=O)c2cccc([N+](=O)[O-])c2)ccc1OCc1ccccc1. The van der Waals surface area contributed by atoms with Gasteiger partial charge in [0.15, 0.2) is 11.5 Å². The van der Waals surface area contributed by atoms with E-state index in [2.05, 4.69) is 5.32 Å². The summed E-state index contributed by atoms with van der Waals surface area (Å²) in [4.78, 5) is 22.6. The van der Waals surface area contributed by atoms with Gasteiger partial charge in [-0.1, -0.05) is 42.5 Å². The maximum Gasteiger partial charge on any atom is 0.270 e. The maximum atomic E-state index is 12.3. The van der Waals surface area contributed by atoms with Crippen LogP contribution >= 0.6 is 0 Å². The van der Waals surface area contributed by atoms with Crippen LogP contribution in [0.1, 0.15) is 21.5 Å². The minimum absolute atomic E-state index is 0.126. The Labute approximate surface area is 168 Å². The second-order valence-electron chi connectivity index (χ2n) is 6.25. The number of nitrogens with zero attached hydrogens (tertiary/aromatic N) is 1. The van der Waals surface area contributed by atoms with Gasteiger partial charge in [-0.25, -0.2) is 0 Å². The number of carbonyl (C=O) groups excluding carboxylic acids is 1. The van der Waals surface area contributed by atoms with Gasteiger partial charge >= 0.3 is 0 Å². The Kier molecular flexibility index (Phi) is 6.42. The molecule has 0 aliphatic rings. The summed E-state index contributed by atoms with van der Waals surface area (Å²) < 4.78 is 11.2. The molecule has 0 radical (unpaired) electrons. The zero-order chi connectivity index (χ0) is 20.6. The summed E-state index contributed by atoms with van der Waals surface area (Å²) in [5.41, 5.74) is 1.96. The number of nitro benzene ring substituents is 1. The van der Waals surface area contributed by atoms with Crippen LogP contribution in [0, 0.1) is 10.1 Å². The van der Waals surface area contributed by atoms with Gasteiger partial charge in [-0.15, -0.1) is 0 Å². The van der Waals surface area contributed by atoms with Crippen LogP contribution in [0.5, 0.6) is 11.5 Å². The number of rotatable bonds is 8. The van der Waals surface area contributed by atoms with Crippen molar-refractivity contribution in [1.82, 2.24) is 5.32 Å². The summed E-state index contributed by atoms with van der Waals surface area (Å²) in [6, 6.07) is 20.8. The van der Waals surface area contributed by atoms with Crippen molar-refractivity contribution in [3.8, 4) is 11.5 Å². The molecule has 7 heteroatoms. The largest absolute Gasteiger partial charge is 0.493 e. The monoisotopic (exact) mass is 392 g/mol. The van der Waals surface area contributed by atoms with Crippen molar-refractivity contribution in [2.24, 2.45) is 0 Å². The first-order chi connectivity index (χ1) is 14.1. The van der Waals surface area contributed by atoms with Crippen LogP contribution < -0.4 is 14.8 Å². The van der Waals surface area contributed by atoms with Crippen molar-refractivity contribution in [3.05, 3.63) is 99.6 Å². The van der Waals surface area contributed by atoms with Crippen molar-refractivity contribution in [2.45, 2.75) is 13.2 Å². The van der Waals surface area contributed by atoms with E-state index in [0.717, 1.165) is 11.1 Å². The number of methoxy groups -OCH3 is 1. The van der Waals surface area contributed by atoms with Crippen LogP contribution in [0.3, 0.4) is 0 Å². The highest BCUT2D eigenvalue weighted by Crippen LogP contribution is 2.29. The van der Waals surface area contributed by atoms with Gasteiger partial charge in [-0.3, -0.25) is 14.9 Å². The van der Waals surface area contributed by atoms with E-state index in [9.17, 15) is 14.9 Å². The van der Waals surface area contributed by atoms with E-state index in [1.165, 1.54) is 24.3 Å². The van der Waals surface area contributed by atoms with Crippen LogP contribution in [0.15, 0.2) is 72.8 Å². The zero-order valence-electron chi connectivity index (χ0n) is 15.8. The van der Waals surface area contributed by atoms with E-state index >= 15 is 0 Å². The number of hydrogen-bond acceptors (Lipinski definition) is 5. The molecule has 0 atom stereocenters. The Hall–Kier alpha value is -3.87. The predicted octanol–water partition coefficient (Wildman–Crippen LogP) is 4.11. The molecule has 7 nitrogen and oxygen atoms in total. The standard InChI is InChI=1S/C22H20N2O5/c1-28-21-12-17(10-11-20(21)29-15-16-6-3-2-4-7-16)14-23-22(25)18-8-5-9-19(13-18)24(26)27/h2-13H,14-15H2,1H3,(H,23,25). The van der Waals surface area contributed by atoms with E-state index in [1.807, 2.05) is 36.4 Å². The first-order valence-corrected chi connectivity index (χ1v) is 8.93. The molecule has 0 fully saturated rings. The molecule has 3 aromatic rings. The minimum Gasteiger partial charge on any atom is -0.493 e. The van der Waals surface area contributed by atoms with Crippen molar-refractivity contribution in [1.29, 1.82) is 0 Å². The molecule has 0 aliphatic heterocycles. The Bertz CT molecular complexity index is 1010. The maximum absolute atomic E-state index is 12.3. The van der Waals surface area contributed by atoms with E-state index < -0.39 is 10.8 Å². The molecule has 29 heavy (non-hydrogen) atoms. The van der Waals surface area contributed by atoms with Crippen molar-refractivity contribution >= 4 is 11.6 Å². The zero-order valence-corrected chi connectivity index (χ0v) is 15.8. The Balaban J connectivity index is 1.63. The van der Waals surface area contributed by atoms with Crippen molar-refractivity contribution in [2.75, 3.05) is 7.11 Å². The van der Waals surface area contributed by atoms with E-state index in [-0.39, 0.29) is 17.8 Å². The Morgan fingerprint density at radius 1 is 0.966 bits per heavy atom. The number of hydrogen-bond donors (Lipinski definition) is 1. The molecule has 3 rings (SSSR count). The molecule has 1 N–H and O–H groups in total. The van der Waals surface area contributed by atoms with Gasteiger partial charge in [-0.05, 0) is 29.3 Å². The van der Waals surface area contributed by atoms with Gasteiger partial charge in [0, 0.05) is 24.2 Å². The van der Waals surface area contributed by atoms with E-state index in [1.54, 1.807) is 19.2 Å². The summed E-state index contributed by atoms with van der Waals surface area (Å²) in [5, 5.41) is 13.6. The van der Waals surface area contributed by atoms with Gasteiger partial charge in [0.05, 0.1) is 12.0 Å². The molecule has 1 amide bonds. The van der Waals surface area contributed by atoms with Crippen LogP contribution in [0.2, 0.25) is 0 Å². The molecule has 0 bridgehead atoms. The second kappa shape index (κ2) is 9.36. The molecule has 0 saturated carbocycles. The average molecular weight is 392 g/mol. The number of nitrogens with one attached hydrogen (secondary N) is 1. The minimum atomic E-state index is -0.532. The number of nitro groups is 1. The quantitative estimate of drug-likeness (QED) is 0.460. The summed E-state index contributed by atoms with van der Waals surface area (Å²) in [5.74, 6) is 0.769. The molecular formula is C22H20N2O5. The number of ether oxygens (including phenoxy) is 2. The van der Waals surface area contributed by atoms with Gasteiger partial charge in [0.2, 0.25) is 0 Å². The summed E-state index contributed by atoms with van der Waals surface area (Å²) in [6.45, 7) is 0.664. The number of amides is 1. The van der Waals surface area contributed by atoms with Crippen molar-refractivity contribution in [3.63, 3.8) is 0 Å². The Morgan fingerprint density at radius 2 is 1.76 bits per heavy atom. The third-order valence-electron chi connectivity index (χ3n) is 4.24. The Morgan fingerprint density at radius 3 is 2.48 bits per heavy atom. The van der Waals surface area contributed by atoms with E-state index in [4.69, 9.17) is 9.47 Å². The molecule has 0 spiro atoms. The lowest BCUT2D eigenvalue weighted by atomic mass is 10.1. The molecule has 0 heterocycles. The highest BCUT2D eigenvalue weighted by atomic mass is 16.6.